The van der Waals surface area contributed by atoms with Gasteiger partial charge in [0.25, 0.3) is 0 Å². The van der Waals surface area contributed by atoms with Gasteiger partial charge in [-0.3, -0.25) is 10.4 Å². The predicted molar refractivity (Wildman–Crippen MR) is 76.1 cm³/mol. The lowest BCUT2D eigenvalue weighted by molar-refractivity contribution is -0.338. The first-order valence-electron chi connectivity index (χ1n) is 7.01. The summed E-state index contributed by atoms with van der Waals surface area (Å²) in [4.78, 5) is 4.01. The van der Waals surface area contributed by atoms with Crippen LogP contribution in [0.3, 0.4) is 0 Å². The number of hydrogen-bond acceptors (Lipinski definition) is 7. The highest BCUT2D eigenvalue weighted by molar-refractivity contribution is 5.88. The molecular weight excluding hydrogens is 294 g/mol. The molecular formula is C16H13N5O2. The molecule has 3 fully saturated rings. The van der Waals surface area contributed by atoms with Gasteiger partial charge in [-0.25, -0.2) is 0 Å². The first-order valence-corrected chi connectivity index (χ1v) is 7.01. The second kappa shape index (κ2) is 4.52. The molecule has 0 unspecified atom stereocenters. The summed E-state index contributed by atoms with van der Waals surface area (Å²) in [5, 5.41) is 37.7. The van der Waals surface area contributed by atoms with Crippen LogP contribution in [-0.2, 0) is 9.47 Å². The number of fused-ring (bicyclic) bond motifs is 3. The van der Waals surface area contributed by atoms with E-state index in [-0.39, 0.29) is 0 Å². The van der Waals surface area contributed by atoms with E-state index in [2.05, 4.69) is 4.98 Å². The van der Waals surface area contributed by atoms with Crippen molar-refractivity contribution in [3.05, 3.63) is 30.1 Å². The van der Waals surface area contributed by atoms with E-state index in [1.165, 1.54) is 6.20 Å². The van der Waals surface area contributed by atoms with Crippen molar-refractivity contribution in [2.45, 2.75) is 25.7 Å². The molecule has 3 aliphatic rings. The fourth-order valence-corrected chi connectivity index (χ4v) is 3.50. The van der Waals surface area contributed by atoms with Crippen molar-refractivity contribution in [2.75, 3.05) is 0 Å². The molecule has 1 N–H and O–H groups in total. The lowest BCUT2D eigenvalue weighted by Crippen LogP contribution is -2.71. The number of nitrogens with zero attached hydrogens (tertiary/aromatic N) is 4. The van der Waals surface area contributed by atoms with E-state index in [4.69, 9.17) is 14.9 Å². The van der Waals surface area contributed by atoms with E-state index in [0.29, 0.717) is 5.56 Å². The third kappa shape index (κ3) is 1.49. The lowest BCUT2D eigenvalue weighted by Gasteiger charge is -2.60. The van der Waals surface area contributed by atoms with Gasteiger partial charge < -0.3 is 9.47 Å². The zero-order valence-corrected chi connectivity index (χ0v) is 12.6. The smallest absolute Gasteiger partial charge is 0.215 e. The summed E-state index contributed by atoms with van der Waals surface area (Å²) in [5.41, 5.74) is -3.09. The average Bonchev–Trinajstić information content (AvgIpc) is 2.57. The first-order chi connectivity index (χ1) is 10.9. The molecule has 4 atom stereocenters. The molecule has 4 rings (SSSR count). The molecule has 114 valence electrons. The van der Waals surface area contributed by atoms with Crippen LogP contribution >= 0.6 is 0 Å². The van der Waals surface area contributed by atoms with Gasteiger partial charge in [0.2, 0.25) is 11.7 Å². The Balaban J connectivity index is 2.35. The van der Waals surface area contributed by atoms with Gasteiger partial charge in [0.15, 0.2) is 10.8 Å². The Bertz CT molecular complexity index is 788. The molecule has 1 aromatic rings. The molecule has 3 saturated heterocycles. The number of nitriles is 3. The maximum Gasteiger partial charge on any atom is 0.215 e. The largest absolute Gasteiger partial charge is 0.448 e. The number of hydrogen-bond donors (Lipinski definition) is 1. The first kappa shape index (κ1) is 15.0. The third-order valence-corrected chi connectivity index (χ3v) is 4.98. The van der Waals surface area contributed by atoms with E-state index in [0.717, 1.165) is 0 Å². The molecule has 2 bridgehead atoms. The van der Waals surface area contributed by atoms with Crippen molar-refractivity contribution in [1.29, 1.82) is 21.2 Å². The Morgan fingerprint density at radius 1 is 1.26 bits per heavy atom. The maximum absolute atomic E-state index is 9.89. The number of ether oxygens (including phenoxy) is 2. The summed E-state index contributed by atoms with van der Waals surface area (Å²) < 4.78 is 11.5. The highest BCUT2D eigenvalue weighted by Gasteiger charge is 2.78. The number of pyridine rings is 1. The van der Waals surface area contributed by atoms with Gasteiger partial charge in [0.05, 0.1) is 24.1 Å². The second-order valence-corrected chi connectivity index (χ2v) is 5.90. The van der Waals surface area contributed by atoms with Crippen LogP contribution in [0.2, 0.25) is 0 Å². The van der Waals surface area contributed by atoms with Gasteiger partial charge in [0.1, 0.15) is 6.10 Å². The van der Waals surface area contributed by atoms with Crippen molar-refractivity contribution in [1.82, 2.24) is 4.98 Å². The summed E-state index contributed by atoms with van der Waals surface area (Å²) >= 11 is 0. The Labute approximate surface area is 133 Å². The number of nitrogens with one attached hydrogen (secondary N) is 1. The molecule has 0 radical (unpaired) electrons. The van der Waals surface area contributed by atoms with E-state index >= 15 is 0 Å². The Morgan fingerprint density at radius 2 is 1.96 bits per heavy atom. The van der Waals surface area contributed by atoms with Crippen LogP contribution in [0.25, 0.3) is 0 Å². The van der Waals surface area contributed by atoms with E-state index in [9.17, 15) is 15.8 Å². The monoisotopic (exact) mass is 307 g/mol. The normalized spacial score (nSPS) is 37.1. The van der Waals surface area contributed by atoms with Crippen molar-refractivity contribution < 1.29 is 9.47 Å². The van der Waals surface area contributed by atoms with Gasteiger partial charge in [-0.2, -0.15) is 15.8 Å². The molecule has 7 heteroatoms. The second-order valence-electron chi connectivity index (χ2n) is 5.90. The fourth-order valence-electron chi connectivity index (χ4n) is 3.50. The molecule has 23 heavy (non-hydrogen) atoms. The summed E-state index contributed by atoms with van der Waals surface area (Å²) in [6.45, 7) is 3.21. The SMILES string of the molecule is C[C@H]1C(C#N)(C#N)[C@@]2(C#N)C(=N)O[C@@]1(C)O[C@@H]2c1cccnc1. The van der Waals surface area contributed by atoms with Crippen molar-refractivity contribution >= 4 is 5.90 Å². The Hall–Kier alpha value is -2.95. The third-order valence-electron chi connectivity index (χ3n) is 4.98. The standard InChI is InChI=1S/C16H13N5O2/c1-10-14(2)22-12(11-4-3-5-21-6-11)16(9-19,13(20)23-14)15(10,7-17)8-18/h3-6,10,12,20H,1-2H3/t10-,12-,14-,16-/m1/s1. The fraction of sp³-hybridized carbons (Fsp3) is 0.438. The zero-order chi connectivity index (χ0) is 16.9. The topological polar surface area (TPSA) is 127 Å². The minimum atomic E-state index is -1.85. The average molecular weight is 307 g/mol. The van der Waals surface area contributed by atoms with E-state index < -0.39 is 34.5 Å². The van der Waals surface area contributed by atoms with Crippen LogP contribution in [0, 0.1) is 56.2 Å². The van der Waals surface area contributed by atoms with E-state index in [1.54, 1.807) is 32.2 Å². The molecule has 0 aliphatic carbocycles. The number of rotatable bonds is 1. The van der Waals surface area contributed by atoms with Gasteiger partial charge in [0, 0.05) is 24.9 Å². The van der Waals surface area contributed by atoms with Crippen LogP contribution in [0.4, 0.5) is 0 Å². The van der Waals surface area contributed by atoms with Crippen LogP contribution in [0.5, 0.6) is 0 Å². The summed E-state index contributed by atoms with van der Waals surface area (Å²) in [7, 11) is 0. The maximum atomic E-state index is 9.89. The molecule has 4 heterocycles. The summed E-state index contributed by atoms with van der Waals surface area (Å²) in [6, 6.07) is 9.34. The lowest BCUT2D eigenvalue weighted by atomic mass is 9.51. The molecule has 1 aromatic heterocycles. The molecule has 0 amide bonds. The molecule has 0 saturated carbocycles. The molecule has 0 aromatic carbocycles. The molecule has 7 nitrogen and oxygen atoms in total. The van der Waals surface area contributed by atoms with Crippen LogP contribution in [0.15, 0.2) is 24.5 Å². The Kier molecular flexibility index (Phi) is 2.94. The highest BCUT2D eigenvalue weighted by Crippen LogP contribution is 2.66. The van der Waals surface area contributed by atoms with Crippen LogP contribution in [-0.4, -0.2) is 16.7 Å². The number of aromatic nitrogens is 1. The van der Waals surface area contributed by atoms with Gasteiger partial charge in [-0.15, -0.1) is 0 Å². The van der Waals surface area contributed by atoms with Gasteiger partial charge in [-0.1, -0.05) is 13.0 Å². The van der Waals surface area contributed by atoms with Crippen molar-refractivity contribution in [2.24, 2.45) is 16.7 Å². The summed E-state index contributed by atoms with van der Waals surface area (Å²) in [6.07, 6.45) is 2.09. The molecule has 0 spiro atoms. The van der Waals surface area contributed by atoms with Gasteiger partial charge in [-0.05, 0) is 6.07 Å². The van der Waals surface area contributed by atoms with Crippen molar-refractivity contribution in [3.8, 4) is 18.2 Å². The van der Waals surface area contributed by atoms with Crippen LogP contribution in [0.1, 0.15) is 25.5 Å². The zero-order valence-electron chi connectivity index (χ0n) is 12.6. The molecule has 3 aliphatic heterocycles. The highest BCUT2D eigenvalue weighted by atomic mass is 16.7. The minimum absolute atomic E-state index is 0.413. The summed E-state index contributed by atoms with van der Waals surface area (Å²) in [5.74, 6) is -2.47. The van der Waals surface area contributed by atoms with Crippen molar-refractivity contribution in [3.63, 3.8) is 0 Å². The van der Waals surface area contributed by atoms with Gasteiger partial charge >= 0.3 is 0 Å². The van der Waals surface area contributed by atoms with Crippen LogP contribution < -0.4 is 0 Å². The quantitative estimate of drug-likeness (QED) is 0.846. The van der Waals surface area contributed by atoms with E-state index in [1.807, 2.05) is 18.2 Å². The minimum Gasteiger partial charge on any atom is -0.448 e. The predicted octanol–water partition coefficient (Wildman–Crippen LogP) is 2.06. The Morgan fingerprint density at radius 3 is 2.48 bits per heavy atom.